The number of hydrogen-bond acceptors (Lipinski definition) is 6. The van der Waals surface area contributed by atoms with Gasteiger partial charge in [-0.3, -0.25) is 14.4 Å². The lowest BCUT2D eigenvalue weighted by Crippen LogP contribution is -2.30. The van der Waals surface area contributed by atoms with Crippen LogP contribution in [0, 0.1) is 0 Å². The first-order valence-corrected chi connectivity index (χ1v) is 31.0. The van der Waals surface area contributed by atoms with E-state index in [-0.39, 0.29) is 37.5 Å². The van der Waals surface area contributed by atoms with E-state index in [2.05, 4.69) is 142 Å². The molecule has 0 aliphatic heterocycles. The first-order chi connectivity index (χ1) is 37.0. The summed E-state index contributed by atoms with van der Waals surface area (Å²) in [4.78, 5) is 38.3. The van der Waals surface area contributed by atoms with Gasteiger partial charge in [-0.15, -0.1) is 0 Å². The third-order valence-electron chi connectivity index (χ3n) is 12.9. The van der Waals surface area contributed by atoms with E-state index in [9.17, 15) is 14.4 Å². The second-order valence-corrected chi connectivity index (χ2v) is 20.2. The monoisotopic (exact) mass is 1040 g/mol. The van der Waals surface area contributed by atoms with Crippen molar-refractivity contribution in [3.8, 4) is 0 Å². The van der Waals surface area contributed by atoms with Crippen LogP contribution >= 0.6 is 0 Å². The smallest absolute Gasteiger partial charge is 0.306 e. The maximum atomic E-state index is 12.9. The number of esters is 3. The number of carbonyl (C=O) groups excluding carboxylic acids is 3. The molecule has 0 saturated carbocycles. The first-order valence-electron chi connectivity index (χ1n) is 31.0. The lowest BCUT2D eigenvalue weighted by Gasteiger charge is -2.18. The van der Waals surface area contributed by atoms with Crippen molar-refractivity contribution in [2.75, 3.05) is 13.2 Å². The molecular weight excluding hydrogens is 925 g/mol. The van der Waals surface area contributed by atoms with Crippen molar-refractivity contribution in [3.63, 3.8) is 0 Å². The summed E-state index contributed by atoms with van der Waals surface area (Å²) in [6.07, 6.45) is 86.3. The molecular formula is C69H114O6. The fourth-order valence-electron chi connectivity index (χ4n) is 8.35. The summed E-state index contributed by atoms with van der Waals surface area (Å²) in [7, 11) is 0. The van der Waals surface area contributed by atoms with Crippen LogP contribution in [0.5, 0.6) is 0 Å². The normalized spacial score (nSPS) is 12.9. The highest BCUT2D eigenvalue weighted by atomic mass is 16.6. The van der Waals surface area contributed by atoms with Gasteiger partial charge in [0.05, 0.1) is 0 Å². The van der Waals surface area contributed by atoms with Crippen LogP contribution in [-0.4, -0.2) is 37.2 Å². The topological polar surface area (TPSA) is 78.9 Å². The van der Waals surface area contributed by atoms with Crippen molar-refractivity contribution in [1.29, 1.82) is 0 Å². The highest BCUT2D eigenvalue weighted by molar-refractivity contribution is 5.71. The standard InChI is InChI=1S/C69H114O6/c1-4-7-10-13-16-19-22-25-28-31-32-33-34-35-36-39-41-44-47-50-53-56-59-62-68(71)74-65-66(75-69(72)63-60-57-54-51-48-45-42-38-30-27-24-21-18-15-12-9-6-3)64-73-67(70)61-58-55-52-49-46-43-40-37-29-26-23-20-17-14-11-8-5-2/h7,9-10,12,16,18-19,21,25-30,32-33,42,45,51,54,66H,4-6,8,11,13-15,17,20,22-24,31,34-41,43-44,46-50,52-53,55-65H2,1-3H3/b10-7-,12-9-,19-16-,21-18-,28-25-,29-26-,30-27-,33-32-,45-42-,54-51-. The van der Waals surface area contributed by atoms with Crippen molar-refractivity contribution in [2.24, 2.45) is 0 Å². The summed E-state index contributed by atoms with van der Waals surface area (Å²) < 4.78 is 16.9. The lowest BCUT2D eigenvalue weighted by molar-refractivity contribution is -0.167. The molecule has 6 heteroatoms. The van der Waals surface area contributed by atoms with E-state index in [1.807, 2.05) is 0 Å². The Morgan fingerprint density at radius 3 is 0.867 bits per heavy atom. The molecule has 0 bridgehead atoms. The molecule has 75 heavy (non-hydrogen) atoms. The zero-order valence-corrected chi connectivity index (χ0v) is 48.8. The van der Waals surface area contributed by atoms with Crippen molar-refractivity contribution in [2.45, 2.75) is 284 Å². The number of carbonyl (C=O) groups is 3. The SMILES string of the molecule is CC/C=C\C/C=C\C/C=C\C/C=C\C/C=C\CCCC(=O)OC(COC(=O)CCCCCCCCC/C=C\CCCCCCCC)COC(=O)CCCCCCCCCCCC/C=C\C/C=C\C/C=C\C/C=C\CC. The minimum atomic E-state index is -0.816. The zero-order valence-electron chi connectivity index (χ0n) is 48.8. The molecule has 0 radical (unpaired) electrons. The maximum absolute atomic E-state index is 12.9. The van der Waals surface area contributed by atoms with Gasteiger partial charge in [-0.1, -0.05) is 258 Å². The summed E-state index contributed by atoms with van der Waals surface area (Å²) in [5.74, 6) is -0.970. The van der Waals surface area contributed by atoms with Crippen molar-refractivity contribution < 1.29 is 28.6 Å². The average Bonchev–Trinajstić information content (AvgIpc) is 3.41. The van der Waals surface area contributed by atoms with E-state index >= 15 is 0 Å². The second-order valence-electron chi connectivity index (χ2n) is 20.2. The molecule has 6 nitrogen and oxygen atoms in total. The molecule has 0 fully saturated rings. The van der Waals surface area contributed by atoms with Gasteiger partial charge >= 0.3 is 17.9 Å². The highest BCUT2D eigenvalue weighted by Crippen LogP contribution is 2.15. The van der Waals surface area contributed by atoms with Gasteiger partial charge < -0.3 is 14.2 Å². The van der Waals surface area contributed by atoms with Gasteiger partial charge in [0, 0.05) is 19.3 Å². The summed E-state index contributed by atoms with van der Waals surface area (Å²) in [6, 6.07) is 0. The van der Waals surface area contributed by atoms with Gasteiger partial charge in [-0.2, -0.15) is 0 Å². The predicted octanol–water partition coefficient (Wildman–Crippen LogP) is 21.2. The van der Waals surface area contributed by atoms with Crippen LogP contribution < -0.4 is 0 Å². The van der Waals surface area contributed by atoms with E-state index in [0.29, 0.717) is 19.3 Å². The second kappa shape index (κ2) is 62.4. The molecule has 0 amide bonds. The molecule has 0 aromatic rings. The highest BCUT2D eigenvalue weighted by Gasteiger charge is 2.19. The van der Waals surface area contributed by atoms with Crippen LogP contribution in [0.25, 0.3) is 0 Å². The largest absolute Gasteiger partial charge is 0.462 e. The Bertz CT molecular complexity index is 1570. The van der Waals surface area contributed by atoms with Gasteiger partial charge in [0.1, 0.15) is 13.2 Å². The molecule has 0 spiro atoms. The Labute approximate surface area is 462 Å². The molecule has 0 aliphatic carbocycles. The number of unbranched alkanes of at least 4 members (excludes halogenated alkanes) is 24. The van der Waals surface area contributed by atoms with Crippen LogP contribution in [0.1, 0.15) is 278 Å². The van der Waals surface area contributed by atoms with Gasteiger partial charge in [0.15, 0.2) is 6.10 Å². The zero-order chi connectivity index (χ0) is 54.3. The van der Waals surface area contributed by atoms with Crippen LogP contribution in [0.15, 0.2) is 122 Å². The van der Waals surface area contributed by atoms with Crippen molar-refractivity contribution in [1.82, 2.24) is 0 Å². The summed E-state index contributed by atoms with van der Waals surface area (Å²) in [5.41, 5.74) is 0. The van der Waals surface area contributed by atoms with E-state index in [4.69, 9.17) is 14.2 Å². The van der Waals surface area contributed by atoms with Crippen LogP contribution in [0.2, 0.25) is 0 Å². The third-order valence-corrected chi connectivity index (χ3v) is 12.9. The third kappa shape index (κ3) is 60.6. The quantitative estimate of drug-likeness (QED) is 0.0261. The van der Waals surface area contributed by atoms with E-state index in [1.165, 1.54) is 128 Å². The number of rotatable bonds is 55. The molecule has 0 aliphatic rings. The minimum absolute atomic E-state index is 0.106. The molecule has 0 N–H and O–H groups in total. The Kier molecular flexibility index (Phi) is 58.9. The Morgan fingerprint density at radius 2 is 0.533 bits per heavy atom. The van der Waals surface area contributed by atoms with Crippen molar-refractivity contribution in [3.05, 3.63) is 122 Å². The Hall–Kier alpha value is -4.19. The summed E-state index contributed by atoms with van der Waals surface area (Å²) in [5, 5.41) is 0. The molecule has 1 atom stereocenters. The predicted molar refractivity (Wildman–Crippen MR) is 325 cm³/mol. The summed E-state index contributed by atoms with van der Waals surface area (Å²) in [6.45, 7) is 6.37. The molecule has 0 rings (SSSR count). The maximum Gasteiger partial charge on any atom is 0.306 e. The fourth-order valence-corrected chi connectivity index (χ4v) is 8.35. The Balaban J connectivity index is 4.45. The number of allylic oxidation sites excluding steroid dienone is 20. The van der Waals surface area contributed by atoms with Gasteiger partial charge in [-0.25, -0.2) is 0 Å². The number of hydrogen-bond donors (Lipinski definition) is 0. The van der Waals surface area contributed by atoms with Crippen LogP contribution in [0.3, 0.4) is 0 Å². The van der Waals surface area contributed by atoms with E-state index in [0.717, 1.165) is 103 Å². The fraction of sp³-hybridized carbons (Fsp3) is 0.667. The molecule has 0 aromatic heterocycles. The Morgan fingerprint density at radius 1 is 0.280 bits per heavy atom. The van der Waals surface area contributed by atoms with Crippen LogP contribution in [-0.2, 0) is 28.6 Å². The molecule has 0 aromatic carbocycles. The summed E-state index contributed by atoms with van der Waals surface area (Å²) >= 11 is 0. The van der Waals surface area contributed by atoms with E-state index < -0.39 is 6.10 Å². The average molecular weight is 1040 g/mol. The molecule has 426 valence electrons. The van der Waals surface area contributed by atoms with Gasteiger partial charge in [0.2, 0.25) is 0 Å². The van der Waals surface area contributed by atoms with Crippen molar-refractivity contribution >= 4 is 17.9 Å². The molecule has 0 saturated heterocycles. The first kappa shape index (κ1) is 70.8. The molecule has 0 heterocycles. The van der Waals surface area contributed by atoms with Crippen LogP contribution in [0.4, 0.5) is 0 Å². The minimum Gasteiger partial charge on any atom is -0.462 e. The van der Waals surface area contributed by atoms with Gasteiger partial charge in [-0.05, 0) is 122 Å². The number of ether oxygens (including phenoxy) is 3. The lowest BCUT2D eigenvalue weighted by atomic mass is 10.1. The van der Waals surface area contributed by atoms with E-state index in [1.54, 1.807) is 0 Å². The molecule has 1 unspecified atom stereocenters. The van der Waals surface area contributed by atoms with Gasteiger partial charge in [0.25, 0.3) is 0 Å².